The number of benzene rings is 7. The summed E-state index contributed by atoms with van der Waals surface area (Å²) in [5.74, 6) is -1.64. The highest BCUT2D eigenvalue weighted by Crippen LogP contribution is 2.36. The molecule has 10 rings (SSSR count). The fourth-order valence-corrected chi connectivity index (χ4v) is 9.81. The molecular formula is C48H3B28N7. The van der Waals surface area contributed by atoms with Gasteiger partial charge in [0.2, 0.25) is 0 Å². The molecule has 0 aliphatic heterocycles. The van der Waals surface area contributed by atoms with Gasteiger partial charge in [0.05, 0.1) is 5.69 Å². The number of hydrogen-bond donors (Lipinski definition) is 0. The predicted octanol–water partition coefficient (Wildman–Crippen LogP) is -22.6. The molecule has 7 aromatic carbocycles. The highest BCUT2D eigenvalue weighted by Gasteiger charge is 2.29. The number of fused-ring (bicyclic) bond motifs is 3. The largest absolute Gasteiger partial charge is 0.310 e. The lowest BCUT2D eigenvalue weighted by Gasteiger charge is -2.24. The topological polar surface area (TPSA) is 82.3 Å². The molecule has 83 heavy (non-hydrogen) atoms. The molecule has 0 saturated carbocycles. The second kappa shape index (κ2) is 21.6. The molecule has 56 radical (unpaired) electrons. The Kier molecular flexibility index (Phi) is 15.7. The van der Waals surface area contributed by atoms with Crippen LogP contribution in [0.3, 0.4) is 0 Å². The van der Waals surface area contributed by atoms with Crippen LogP contribution in [0.25, 0.3) is 95.8 Å². The first-order valence-corrected chi connectivity index (χ1v) is 23.9. The maximum atomic E-state index is 6.97. The lowest BCUT2D eigenvalue weighted by atomic mass is 9.60. The predicted molar refractivity (Wildman–Crippen MR) is 371 cm³/mol. The van der Waals surface area contributed by atoms with Crippen LogP contribution in [0.1, 0.15) is 0 Å². The van der Waals surface area contributed by atoms with Crippen molar-refractivity contribution in [3.05, 3.63) is 18.2 Å². The molecule has 10 aromatic rings. The summed E-state index contributed by atoms with van der Waals surface area (Å²) in [5.41, 5.74) is -4.46. The quantitative estimate of drug-likeness (QED) is 0.148. The molecule has 0 saturated heterocycles. The smallest absolute Gasteiger partial charge is 0.166 e. The van der Waals surface area contributed by atoms with Crippen LogP contribution in [0.5, 0.6) is 0 Å². The average Bonchev–Trinajstić information content (AvgIpc) is 1.81. The Morgan fingerprint density at radius 2 is 0.434 bits per heavy atom. The van der Waals surface area contributed by atoms with E-state index in [1.54, 1.807) is 0 Å². The molecular weight excluding hydrogens is 977 g/mol. The van der Waals surface area contributed by atoms with Gasteiger partial charge in [-0.15, -0.1) is 87.4 Å². The van der Waals surface area contributed by atoms with E-state index in [0.29, 0.717) is 0 Å². The standard InChI is InChI=1S/C48H3B28N7/c49-13-7-8-14(50)24(60)38(74)40(76)42(8)83(41(7)39(75)37(73)23(13)59)6-2-1-4(43-77-45(9-15(51)25(61)33(69)26(62)16(9)52)81-46(78-43)10-17(53)27(63)34(70)28(64)18(10)54)3-5(6)44-79-47(11-19(55)29(65)35(71)30(66)20(11)56)82-48(80-44)12-21(57)31(67)36(72)32(68)22(12)58/h1-3H. The molecule has 0 aliphatic rings. The van der Waals surface area contributed by atoms with E-state index in [9.17, 15) is 0 Å². The minimum atomic E-state index is -0.315. The van der Waals surface area contributed by atoms with Crippen molar-refractivity contribution in [3.63, 3.8) is 0 Å². The maximum Gasteiger partial charge on any atom is 0.166 e. The number of nitrogens with zero attached hydrogens (tertiary/aromatic N) is 7. The molecule has 3 aromatic heterocycles. The molecule has 0 unspecified atom stereocenters. The van der Waals surface area contributed by atoms with Crippen LogP contribution < -0.4 is 153 Å². The van der Waals surface area contributed by atoms with Crippen molar-refractivity contribution in [3.8, 4) is 74.0 Å². The van der Waals surface area contributed by atoms with Crippen LogP contribution in [0.2, 0.25) is 0 Å². The van der Waals surface area contributed by atoms with E-state index < -0.39 is 0 Å². The SMILES string of the molecule is [B]c1c([B])c([B])c(-c2nc(-c3ccc(-n4c5c([B])c([B])c([B])c([B])c5c5c([B])c([B])c([B])c([B])c54)c(-c4nc(-c5c([B])c([B])c([B])c([B])c5[B])nc(-c5c([B])c([B])c([B])c([B])c5[B])n4)c3)nc(-c3c([B])c([B])c([B])c([B])c3[B])n2)c([B])c1[B]. The zero-order valence-corrected chi connectivity index (χ0v) is 43.5. The molecule has 3 heterocycles. The summed E-state index contributed by atoms with van der Waals surface area (Å²) in [6.45, 7) is 0. The van der Waals surface area contributed by atoms with Crippen molar-refractivity contribution >= 4 is 394 Å². The molecule has 0 amide bonds. The number of hydrogen-bond acceptors (Lipinski definition) is 6. The zero-order chi connectivity index (χ0) is 60.9. The van der Waals surface area contributed by atoms with E-state index in [-0.39, 0.29) is 249 Å². The minimum absolute atomic E-state index is 0.0292. The highest BCUT2D eigenvalue weighted by atomic mass is 15.1. The van der Waals surface area contributed by atoms with Crippen LogP contribution in [-0.4, -0.2) is 254 Å². The summed E-state index contributed by atoms with van der Waals surface area (Å²) < 4.78 is 1.52. The van der Waals surface area contributed by atoms with Crippen LogP contribution >= 0.6 is 0 Å². The van der Waals surface area contributed by atoms with Crippen molar-refractivity contribution in [2.24, 2.45) is 0 Å². The Hall–Kier alpha value is -5.82. The van der Waals surface area contributed by atoms with Gasteiger partial charge >= 0.3 is 0 Å². The van der Waals surface area contributed by atoms with E-state index >= 15 is 0 Å². The van der Waals surface area contributed by atoms with Gasteiger partial charge in [0.15, 0.2) is 34.9 Å². The van der Waals surface area contributed by atoms with Gasteiger partial charge in [-0.1, -0.05) is 65.6 Å². The first kappa shape index (κ1) is 60.3. The fourth-order valence-electron chi connectivity index (χ4n) is 9.81. The first-order valence-electron chi connectivity index (χ1n) is 23.9. The minimum Gasteiger partial charge on any atom is -0.310 e. The van der Waals surface area contributed by atoms with E-state index in [4.69, 9.17) is 250 Å². The van der Waals surface area contributed by atoms with E-state index in [2.05, 4.69) is 0 Å². The van der Waals surface area contributed by atoms with Crippen LogP contribution in [0.15, 0.2) is 18.2 Å². The molecule has 0 atom stereocenters. The van der Waals surface area contributed by atoms with Crippen molar-refractivity contribution in [1.82, 2.24) is 34.5 Å². The van der Waals surface area contributed by atoms with Gasteiger partial charge in [-0.25, -0.2) is 29.9 Å². The third-order valence-corrected chi connectivity index (χ3v) is 14.7. The Balaban J connectivity index is 1.44. The molecule has 0 fully saturated rings. The van der Waals surface area contributed by atoms with Gasteiger partial charge in [0.1, 0.15) is 220 Å². The summed E-state index contributed by atoms with van der Waals surface area (Å²) in [6, 6.07) is 4.56. The normalized spacial score (nSPS) is 11.5. The summed E-state index contributed by atoms with van der Waals surface area (Å²) in [5, 5.41) is 0.296. The Morgan fingerprint density at radius 3 is 0.711 bits per heavy atom. The van der Waals surface area contributed by atoms with Crippen LogP contribution in [0.4, 0.5) is 0 Å². The lowest BCUT2D eigenvalue weighted by Crippen LogP contribution is -2.55. The second-order valence-electron chi connectivity index (χ2n) is 19.2. The second-order valence-corrected chi connectivity index (χ2v) is 19.2. The Bertz CT molecular complexity index is 4260. The van der Waals surface area contributed by atoms with E-state index in [1.807, 2.05) is 0 Å². The Labute approximate surface area is 517 Å². The summed E-state index contributed by atoms with van der Waals surface area (Å²) in [4.78, 5) is 29.2. The summed E-state index contributed by atoms with van der Waals surface area (Å²) in [6.07, 6.45) is 0. The van der Waals surface area contributed by atoms with Crippen molar-refractivity contribution < 1.29 is 0 Å². The van der Waals surface area contributed by atoms with Gasteiger partial charge in [0, 0.05) is 44.4 Å². The average molecular weight is 980 g/mol. The van der Waals surface area contributed by atoms with E-state index in [1.165, 1.54) is 22.8 Å². The summed E-state index contributed by atoms with van der Waals surface area (Å²) in [7, 11) is 184. The molecule has 35 heteroatoms. The summed E-state index contributed by atoms with van der Waals surface area (Å²) >= 11 is 0. The lowest BCUT2D eigenvalue weighted by molar-refractivity contribution is 1.07. The van der Waals surface area contributed by atoms with Crippen molar-refractivity contribution in [2.75, 3.05) is 0 Å². The van der Waals surface area contributed by atoms with Crippen molar-refractivity contribution in [1.29, 1.82) is 0 Å². The Morgan fingerprint density at radius 1 is 0.217 bits per heavy atom. The molecule has 0 N–H and O–H groups in total. The van der Waals surface area contributed by atoms with Gasteiger partial charge in [-0.05, 0) is 29.0 Å². The molecule has 0 aliphatic carbocycles. The third kappa shape index (κ3) is 9.05. The van der Waals surface area contributed by atoms with Gasteiger partial charge in [-0.3, -0.25) is 0 Å². The zero-order valence-electron chi connectivity index (χ0n) is 43.5. The number of aromatic nitrogens is 7. The molecule has 314 valence electrons. The van der Waals surface area contributed by atoms with Gasteiger partial charge < -0.3 is 4.57 Å². The van der Waals surface area contributed by atoms with E-state index in [0.717, 1.165) is 0 Å². The molecule has 7 nitrogen and oxygen atoms in total. The highest BCUT2D eigenvalue weighted by molar-refractivity contribution is 6.75. The monoisotopic (exact) mass is 985 g/mol. The van der Waals surface area contributed by atoms with Gasteiger partial charge in [-0.2, -0.15) is 0 Å². The van der Waals surface area contributed by atoms with Crippen LogP contribution in [0, 0.1) is 0 Å². The third-order valence-electron chi connectivity index (χ3n) is 14.7. The first-order chi connectivity index (χ1) is 38.9. The molecule has 0 spiro atoms. The fraction of sp³-hybridized carbons (Fsp3) is 0. The van der Waals surface area contributed by atoms with Gasteiger partial charge in [0.25, 0.3) is 0 Å². The molecule has 0 bridgehead atoms. The van der Waals surface area contributed by atoms with Crippen LogP contribution in [-0.2, 0) is 0 Å². The number of rotatable bonds is 7. The maximum absolute atomic E-state index is 6.97. The van der Waals surface area contributed by atoms with Crippen molar-refractivity contribution in [2.45, 2.75) is 0 Å².